The number of hydrogen-bond donors (Lipinski definition) is 3. The van der Waals surface area contributed by atoms with E-state index in [2.05, 4.69) is 20.7 Å². The van der Waals surface area contributed by atoms with E-state index < -0.39 is 17.7 Å². The number of imidazole rings is 1. The van der Waals surface area contributed by atoms with Crippen LogP contribution in [0.15, 0.2) is 24.4 Å². The Kier molecular flexibility index (Phi) is 4.38. The van der Waals surface area contributed by atoms with Crippen molar-refractivity contribution in [3.63, 3.8) is 0 Å². The van der Waals surface area contributed by atoms with Crippen molar-refractivity contribution in [3.05, 3.63) is 41.7 Å². The summed E-state index contributed by atoms with van der Waals surface area (Å²) in [5, 5.41) is 28.6. The Morgan fingerprint density at radius 3 is 2.72 bits per heavy atom. The van der Waals surface area contributed by atoms with Crippen molar-refractivity contribution >= 4 is 34.6 Å². The molecule has 1 saturated carbocycles. The van der Waals surface area contributed by atoms with Crippen LogP contribution in [0.2, 0.25) is 0 Å². The third-order valence-corrected chi connectivity index (χ3v) is 4.47. The average Bonchev–Trinajstić information content (AvgIpc) is 3.39. The molecule has 1 aliphatic rings. The van der Waals surface area contributed by atoms with E-state index in [9.17, 15) is 18.8 Å². The molecule has 1 aliphatic carbocycles. The predicted molar refractivity (Wildman–Crippen MR) is 100 cm³/mol. The largest absolute Gasteiger partial charge is 0.465 e. The number of carbonyl (C=O) groups is 1. The zero-order chi connectivity index (χ0) is 20.7. The third-order valence-electron chi connectivity index (χ3n) is 4.47. The second kappa shape index (κ2) is 6.90. The van der Waals surface area contributed by atoms with Crippen molar-refractivity contribution in [2.45, 2.75) is 18.9 Å². The number of carboxylic acid groups (broad SMARTS) is 1. The molecule has 0 unspecified atom stereocenters. The number of nitriles is 1. The number of hydrogen-bond acceptors (Lipinski definition) is 6. The smallest absolute Gasteiger partial charge is 0.411 e. The van der Waals surface area contributed by atoms with E-state index in [0.29, 0.717) is 22.3 Å². The third kappa shape index (κ3) is 3.47. The molecule has 0 aliphatic heterocycles. The van der Waals surface area contributed by atoms with E-state index in [-0.39, 0.29) is 28.9 Å². The van der Waals surface area contributed by atoms with Crippen molar-refractivity contribution in [3.8, 4) is 6.07 Å². The van der Waals surface area contributed by atoms with E-state index in [1.54, 1.807) is 6.07 Å². The van der Waals surface area contributed by atoms with E-state index in [0.717, 1.165) is 26.0 Å². The number of aromatic nitrogens is 3. The Balaban J connectivity index is 1.76. The van der Waals surface area contributed by atoms with Crippen LogP contribution >= 0.6 is 0 Å². The fourth-order valence-corrected chi connectivity index (χ4v) is 2.79. The lowest BCUT2D eigenvalue weighted by Crippen LogP contribution is -2.25. The molecule has 1 amide bonds. The lowest BCUT2D eigenvalue weighted by Gasteiger charge is -2.17. The molecule has 3 N–H and O–H groups in total. The van der Waals surface area contributed by atoms with Crippen LogP contribution in [0.1, 0.15) is 18.5 Å². The summed E-state index contributed by atoms with van der Waals surface area (Å²) in [7, 11) is 1.15. The molecule has 0 bridgehead atoms. The van der Waals surface area contributed by atoms with Gasteiger partial charge in [-0.2, -0.15) is 9.78 Å². The van der Waals surface area contributed by atoms with Crippen LogP contribution in [-0.4, -0.2) is 38.9 Å². The van der Waals surface area contributed by atoms with E-state index >= 15 is 0 Å². The summed E-state index contributed by atoms with van der Waals surface area (Å²) < 4.78 is 29.6. The molecule has 2 heterocycles. The monoisotopic (exact) mass is 399 g/mol. The number of halogens is 2. The van der Waals surface area contributed by atoms with Crippen molar-refractivity contribution < 1.29 is 18.7 Å². The Hall–Kier alpha value is -3.94. The molecule has 1 fully saturated rings. The number of rotatable bonds is 5. The SMILES string of the molecule is CN(C(=O)O)c1cc(Nc2cc(NC3CC3)c3ncc(C#N)n3n2)c(F)cc1F. The number of nitrogens with one attached hydrogen (secondary N) is 2. The first-order chi connectivity index (χ1) is 13.9. The summed E-state index contributed by atoms with van der Waals surface area (Å²) in [6.07, 6.45) is 1.98. The zero-order valence-electron chi connectivity index (χ0n) is 15.1. The maximum atomic E-state index is 14.3. The lowest BCUT2D eigenvalue weighted by atomic mass is 10.2. The van der Waals surface area contributed by atoms with Crippen LogP contribution in [0.4, 0.5) is 36.5 Å². The number of amides is 1. The highest BCUT2D eigenvalue weighted by Gasteiger charge is 2.24. The fraction of sp³-hybridized carbons (Fsp3) is 0.222. The highest BCUT2D eigenvalue weighted by Crippen LogP contribution is 2.31. The predicted octanol–water partition coefficient (Wildman–Crippen LogP) is 3.31. The molecule has 0 saturated heterocycles. The Bertz CT molecular complexity index is 1170. The Morgan fingerprint density at radius 1 is 1.31 bits per heavy atom. The molecule has 9 nitrogen and oxygen atoms in total. The first kappa shape index (κ1) is 18.4. The van der Waals surface area contributed by atoms with Crippen LogP contribution in [-0.2, 0) is 0 Å². The highest BCUT2D eigenvalue weighted by molar-refractivity contribution is 5.86. The number of benzene rings is 1. The van der Waals surface area contributed by atoms with Crippen molar-refractivity contribution in [1.29, 1.82) is 5.26 Å². The maximum absolute atomic E-state index is 14.3. The van der Waals surface area contributed by atoms with E-state index in [4.69, 9.17) is 5.11 Å². The van der Waals surface area contributed by atoms with Gasteiger partial charge in [0.2, 0.25) is 0 Å². The minimum absolute atomic E-state index is 0.169. The molecule has 11 heteroatoms. The molecule has 0 spiro atoms. The van der Waals surface area contributed by atoms with Crippen LogP contribution in [0.25, 0.3) is 5.65 Å². The normalized spacial score (nSPS) is 13.2. The van der Waals surface area contributed by atoms with Crippen molar-refractivity contribution in [1.82, 2.24) is 14.6 Å². The quantitative estimate of drug-likeness (QED) is 0.602. The maximum Gasteiger partial charge on any atom is 0.411 e. The molecule has 2 aromatic heterocycles. The second-order valence-corrected chi connectivity index (χ2v) is 6.60. The molecule has 148 valence electrons. The van der Waals surface area contributed by atoms with Gasteiger partial charge in [0.05, 0.1) is 23.3 Å². The van der Waals surface area contributed by atoms with Gasteiger partial charge in [-0.1, -0.05) is 0 Å². The fourth-order valence-electron chi connectivity index (χ4n) is 2.79. The zero-order valence-corrected chi connectivity index (χ0v) is 15.1. The van der Waals surface area contributed by atoms with Gasteiger partial charge in [-0.15, -0.1) is 5.10 Å². The van der Waals surface area contributed by atoms with Crippen molar-refractivity contribution in [2.24, 2.45) is 0 Å². The van der Waals surface area contributed by atoms with Crippen LogP contribution < -0.4 is 15.5 Å². The first-order valence-electron chi connectivity index (χ1n) is 8.65. The molecule has 3 aromatic rings. The van der Waals surface area contributed by atoms with Crippen molar-refractivity contribution in [2.75, 3.05) is 22.6 Å². The molecular weight excluding hydrogens is 384 g/mol. The van der Waals surface area contributed by atoms with Crippen LogP contribution in [0.3, 0.4) is 0 Å². The van der Waals surface area contributed by atoms with Gasteiger partial charge < -0.3 is 15.7 Å². The van der Waals surface area contributed by atoms with E-state index in [1.807, 2.05) is 6.07 Å². The van der Waals surface area contributed by atoms with Gasteiger partial charge in [-0.25, -0.2) is 18.6 Å². The number of fused-ring (bicyclic) bond motifs is 1. The highest BCUT2D eigenvalue weighted by atomic mass is 19.1. The summed E-state index contributed by atoms with van der Waals surface area (Å²) in [5.74, 6) is -1.77. The molecular formula is C18H15F2N7O2. The number of anilines is 4. The molecule has 29 heavy (non-hydrogen) atoms. The average molecular weight is 399 g/mol. The summed E-state index contributed by atoms with van der Waals surface area (Å²) in [6.45, 7) is 0. The minimum Gasteiger partial charge on any atom is -0.465 e. The van der Waals surface area contributed by atoms with E-state index in [1.165, 1.54) is 10.7 Å². The van der Waals surface area contributed by atoms with Gasteiger partial charge in [-0.3, -0.25) is 4.90 Å². The van der Waals surface area contributed by atoms with Gasteiger partial charge in [-0.05, 0) is 18.9 Å². The molecule has 4 rings (SSSR count). The van der Waals surface area contributed by atoms with Crippen LogP contribution in [0, 0.1) is 23.0 Å². The Labute approximate surface area is 163 Å². The van der Waals surface area contributed by atoms with Gasteiger partial charge in [0, 0.05) is 25.2 Å². The number of nitrogens with zero attached hydrogens (tertiary/aromatic N) is 5. The lowest BCUT2D eigenvalue weighted by molar-refractivity contribution is 0.203. The summed E-state index contributed by atoms with van der Waals surface area (Å²) in [5.41, 5.74) is 0.756. The molecule has 0 atom stereocenters. The van der Waals surface area contributed by atoms with Gasteiger partial charge in [0.1, 0.15) is 17.7 Å². The van der Waals surface area contributed by atoms with Gasteiger partial charge in [0.15, 0.2) is 17.2 Å². The summed E-state index contributed by atoms with van der Waals surface area (Å²) in [6, 6.07) is 5.50. The second-order valence-electron chi connectivity index (χ2n) is 6.60. The molecule has 1 aromatic carbocycles. The standard InChI is InChI=1S/C18H15F2N7O2/c1-26(18(28)29)15-5-13(11(19)4-12(15)20)24-16-6-14(23-9-2-3-9)17-22-8-10(7-21)27(17)25-16/h4-6,8-9,23H,2-3H2,1H3,(H,24,25)(H,28,29). The van der Waals surface area contributed by atoms with Gasteiger partial charge in [0.25, 0.3) is 0 Å². The van der Waals surface area contributed by atoms with Gasteiger partial charge >= 0.3 is 6.09 Å². The summed E-state index contributed by atoms with van der Waals surface area (Å²) in [4.78, 5) is 16.0. The molecule has 0 radical (unpaired) electrons. The Morgan fingerprint density at radius 2 is 2.07 bits per heavy atom. The minimum atomic E-state index is -1.39. The summed E-state index contributed by atoms with van der Waals surface area (Å²) >= 11 is 0. The topological polar surface area (TPSA) is 119 Å². The van der Waals surface area contributed by atoms with Crippen LogP contribution in [0.5, 0.6) is 0 Å². The first-order valence-corrected chi connectivity index (χ1v) is 8.65.